The Morgan fingerprint density at radius 1 is 0.804 bits per heavy atom. The number of nitrogens with zero attached hydrogens (tertiary/aromatic N) is 5. The lowest BCUT2D eigenvalue weighted by atomic mass is 9.77. The summed E-state index contributed by atoms with van der Waals surface area (Å²) in [5.41, 5.74) is 5.35. The number of pyridine rings is 1. The summed E-state index contributed by atoms with van der Waals surface area (Å²) in [5, 5.41) is 6.42. The summed E-state index contributed by atoms with van der Waals surface area (Å²) >= 11 is 0. The van der Waals surface area contributed by atoms with E-state index in [0.29, 0.717) is 56.8 Å². The number of hydrogen-bond acceptors (Lipinski definition) is 6. The van der Waals surface area contributed by atoms with Gasteiger partial charge in [-0.15, -0.1) is 0 Å². The minimum absolute atomic E-state index is 0.00834. The molecule has 8 rings (SSSR count). The van der Waals surface area contributed by atoms with Crippen molar-refractivity contribution in [3.63, 3.8) is 0 Å². The lowest BCUT2D eigenvalue weighted by molar-refractivity contribution is 0.0244. The molecule has 2 fully saturated rings. The van der Waals surface area contributed by atoms with Crippen LogP contribution in [0.2, 0.25) is 0 Å². The van der Waals surface area contributed by atoms with E-state index in [-0.39, 0.29) is 18.1 Å². The van der Waals surface area contributed by atoms with Crippen molar-refractivity contribution in [2.45, 2.75) is 44.4 Å². The number of rotatable bonds is 9. The molecule has 0 N–H and O–H groups in total. The van der Waals surface area contributed by atoms with E-state index in [2.05, 4.69) is 102 Å². The van der Waals surface area contributed by atoms with E-state index < -0.39 is 5.54 Å². The van der Waals surface area contributed by atoms with Gasteiger partial charge in [-0.3, -0.25) is 4.79 Å². The molecule has 9 heteroatoms. The highest BCUT2D eigenvalue weighted by Crippen LogP contribution is 2.45. The Labute approximate surface area is 298 Å². The minimum atomic E-state index is -0.870. The van der Waals surface area contributed by atoms with Crippen LogP contribution in [0, 0.1) is 0 Å². The molecule has 51 heavy (non-hydrogen) atoms. The molecule has 3 aromatic heterocycles. The van der Waals surface area contributed by atoms with Gasteiger partial charge in [-0.2, -0.15) is 5.10 Å². The second kappa shape index (κ2) is 14.2. The molecule has 0 aliphatic carbocycles. The van der Waals surface area contributed by atoms with Gasteiger partial charge >= 0.3 is 0 Å². The summed E-state index contributed by atoms with van der Waals surface area (Å²) in [4.78, 5) is 20.8. The molecule has 0 spiro atoms. The van der Waals surface area contributed by atoms with Crippen molar-refractivity contribution in [3.8, 4) is 17.1 Å². The Morgan fingerprint density at radius 2 is 1.37 bits per heavy atom. The molecule has 9 nitrogen and oxygen atoms in total. The largest absolute Gasteiger partial charge is 0.474 e. The second-order valence-corrected chi connectivity index (χ2v) is 13.5. The fourth-order valence-electron chi connectivity index (χ4n) is 7.58. The van der Waals surface area contributed by atoms with Gasteiger partial charge in [-0.1, -0.05) is 91.0 Å². The van der Waals surface area contributed by atoms with Gasteiger partial charge in [0.1, 0.15) is 23.0 Å². The molecule has 2 saturated heterocycles. The molecule has 5 heterocycles. The van der Waals surface area contributed by atoms with Crippen LogP contribution in [0.3, 0.4) is 0 Å². The van der Waals surface area contributed by atoms with Gasteiger partial charge in [-0.05, 0) is 42.7 Å². The topological polar surface area (TPSA) is 83.6 Å². The molecule has 0 unspecified atom stereocenters. The van der Waals surface area contributed by atoms with Crippen molar-refractivity contribution >= 4 is 16.8 Å². The highest BCUT2D eigenvalue weighted by atomic mass is 16.5. The molecule has 0 saturated carbocycles. The van der Waals surface area contributed by atoms with Gasteiger partial charge in [0.05, 0.1) is 37.3 Å². The lowest BCUT2D eigenvalue weighted by Crippen LogP contribution is -2.41. The zero-order valence-electron chi connectivity index (χ0n) is 29.2. The summed E-state index contributed by atoms with van der Waals surface area (Å²) in [6.45, 7) is 7.70. The standard InChI is InChI=1S/C42H43N5O4/c1-30(2)46-29-31(28-37(46)41(48)45-22-26-50-27-23-45)39-38-36(18-21-43-40(38)51-35-19-24-49-25-20-35)47(44-39)42(32-12-6-3-7-13-32,33-14-8-4-9-15-33)34-16-10-5-11-17-34/h3-18,21,28-30,35H,19-20,22-27H2,1-2H3. The maximum Gasteiger partial charge on any atom is 0.270 e. The first-order chi connectivity index (χ1) is 25.1. The molecule has 1 amide bonds. The van der Waals surface area contributed by atoms with E-state index in [0.717, 1.165) is 46.0 Å². The third-order valence-corrected chi connectivity index (χ3v) is 10.1. The zero-order valence-corrected chi connectivity index (χ0v) is 29.2. The molecule has 2 aliphatic rings. The van der Waals surface area contributed by atoms with Crippen molar-refractivity contribution in [2.75, 3.05) is 39.5 Å². The maximum atomic E-state index is 14.1. The fraction of sp³-hybridized carbons (Fsp3) is 0.310. The van der Waals surface area contributed by atoms with E-state index in [1.807, 2.05) is 41.4 Å². The highest BCUT2D eigenvalue weighted by molar-refractivity contribution is 6.00. The number of ether oxygens (including phenoxy) is 3. The van der Waals surface area contributed by atoms with Crippen molar-refractivity contribution in [1.29, 1.82) is 0 Å². The Balaban J connectivity index is 1.42. The molecular weight excluding hydrogens is 638 g/mol. The van der Waals surface area contributed by atoms with Crippen LogP contribution in [0.4, 0.5) is 0 Å². The molecule has 0 atom stereocenters. The molecule has 0 radical (unpaired) electrons. The van der Waals surface area contributed by atoms with Crippen LogP contribution in [0.5, 0.6) is 5.88 Å². The van der Waals surface area contributed by atoms with Crippen LogP contribution in [0.15, 0.2) is 116 Å². The number of hydrogen-bond donors (Lipinski definition) is 0. The van der Waals surface area contributed by atoms with Crippen LogP contribution in [-0.4, -0.2) is 75.8 Å². The van der Waals surface area contributed by atoms with Crippen molar-refractivity contribution < 1.29 is 19.0 Å². The molecular formula is C42H43N5O4. The smallest absolute Gasteiger partial charge is 0.270 e. The van der Waals surface area contributed by atoms with Crippen LogP contribution in [0.1, 0.15) is 59.9 Å². The predicted octanol–water partition coefficient (Wildman–Crippen LogP) is 7.35. The van der Waals surface area contributed by atoms with Gasteiger partial charge in [0.25, 0.3) is 5.91 Å². The number of benzene rings is 3. The van der Waals surface area contributed by atoms with E-state index in [1.54, 1.807) is 0 Å². The number of aromatic nitrogens is 4. The van der Waals surface area contributed by atoms with Gasteiger partial charge < -0.3 is 23.7 Å². The Bertz CT molecular complexity index is 2000. The molecule has 6 aromatic rings. The van der Waals surface area contributed by atoms with Crippen molar-refractivity contribution in [3.05, 3.63) is 138 Å². The first-order valence-electron chi connectivity index (χ1n) is 17.9. The molecule has 2 aliphatic heterocycles. The third kappa shape index (κ3) is 6.00. The van der Waals surface area contributed by atoms with E-state index in [4.69, 9.17) is 24.3 Å². The molecule has 0 bridgehead atoms. The maximum absolute atomic E-state index is 14.1. The van der Waals surface area contributed by atoms with Crippen LogP contribution < -0.4 is 4.74 Å². The van der Waals surface area contributed by atoms with E-state index in [1.165, 1.54) is 0 Å². The van der Waals surface area contributed by atoms with Crippen molar-refractivity contribution in [1.82, 2.24) is 24.2 Å². The quantitative estimate of drug-likeness (QED) is 0.149. The first-order valence-corrected chi connectivity index (χ1v) is 17.9. The number of fused-ring (bicyclic) bond motifs is 1. The average Bonchev–Trinajstić information content (AvgIpc) is 3.81. The summed E-state index contributed by atoms with van der Waals surface area (Å²) < 4.78 is 22.2. The highest BCUT2D eigenvalue weighted by Gasteiger charge is 2.42. The number of carbonyl (C=O) groups excluding carboxylic acids is 1. The third-order valence-electron chi connectivity index (χ3n) is 10.1. The van der Waals surface area contributed by atoms with Gasteiger partial charge in [0.15, 0.2) is 0 Å². The Kier molecular flexibility index (Phi) is 9.15. The van der Waals surface area contributed by atoms with E-state index in [9.17, 15) is 4.79 Å². The molecule has 3 aromatic carbocycles. The van der Waals surface area contributed by atoms with E-state index >= 15 is 0 Å². The first kappa shape index (κ1) is 32.9. The van der Waals surface area contributed by atoms with Crippen molar-refractivity contribution in [2.24, 2.45) is 0 Å². The van der Waals surface area contributed by atoms with Crippen LogP contribution >= 0.6 is 0 Å². The summed E-state index contributed by atoms with van der Waals surface area (Å²) in [6, 6.07) is 35.7. The number of morpholine rings is 1. The summed E-state index contributed by atoms with van der Waals surface area (Å²) in [6.07, 6.45) is 5.41. The summed E-state index contributed by atoms with van der Waals surface area (Å²) in [7, 11) is 0. The van der Waals surface area contributed by atoms with Gasteiger partial charge in [-0.25, -0.2) is 9.67 Å². The second-order valence-electron chi connectivity index (χ2n) is 13.5. The fourth-order valence-corrected chi connectivity index (χ4v) is 7.58. The van der Waals surface area contributed by atoms with Crippen LogP contribution in [0.25, 0.3) is 22.2 Å². The average molecular weight is 682 g/mol. The van der Waals surface area contributed by atoms with Gasteiger partial charge in [0, 0.05) is 49.9 Å². The monoisotopic (exact) mass is 681 g/mol. The van der Waals surface area contributed by atoms with Gasteiger partial charge in [0.2, 0.25) is 5.88 Å². The minimum Gasteiger partial charge on any atom is -0.474 e. The lowest BCUT2D eigenvalue weighted by Gasteiger charge is -2.37. The number of carbonyl (C=O) groups is 1. The SMILES string of the molecule is CC(C)n1cc(-c2nn(C(c3ccccc3)(c3ccccc3)c3ccccc3)c3ccnc(OC4CCOCC4)c23)cc1C(=O)N1CCOCC1. The van der Waals surface area contributed by atoms with Crippen LogP contribution in [-0.2, 0) is 15.0 Å². The Hall–Kier alpha value is -5.25. The number of amides is 1. The zero-order chi connectivity index (χ0) is 34.8. The normalized spacial score (nSPS) is 15.8. The summed E-state index contributed by atoms with van der Waals surface area (Å²) in [5.74, 6) is 0.521. The predicted molar refractivity (Wildman–Crippen MR) is 197 cm³/mol. The molecule has 260 valence electrons. The Morgan fingerprint density at radius 3 is 1.94 bits per heavy atom.